The van der Waals surface area contributed by atoms with Gasteiger partial charge in [-0.15, -0.1) is 15.0 Å². The summed E-state index contributed by atoms with van der Waals surface area (Å²) in [6, 6.07) is 11.3. The molecule has 0 unspecified atom stereocenters. The molecule has 0 atom stereocenters. The molecule has 2 aromatic heterocycles. The Labute approximate surface area is 190 Å². The molecule has 2 fully saturated rings. The van der Waals surface area contributed by atoms with Gasteiger partial charge < -0.3 is 9.80 Å². The molecular weight excluding hydrogens is 425 g/mol. The number of pyridine rings is 1. The van der Waals surface area contributed by atoms with Crippen LogP contribution in [0, 0.1) is 5.82 Å². The van der Waals surface area contributed by atoms with Gasteiger partial charge in [-0.05, 0) is 56.2 Å². The Bertz CT molecular complexity index is 1220. The molecule has 0 spiro atoms. The number of tetrazole rings is 1. The van der Waals surface area contributed by atoms with Crippen molar-refractivity contribution >= 4 is 11.8 Å². The Balaban J connectivity index is 1.30. The number of piperazine rings is 1. The van der Waals surface area contributed by atoms with Crippen molar-refractivity contribution in [3.05, 3.63) is 65.5 Å². The third-order valence-corrected chi connectivity index (χ3v) is 6.06. The van der Waals surface area contributed by atoms with Gasteiger partial charge in [0.2, 0.25) is 0 Å². The third-order valence-electron chi connectivity index (χ3n) is 6.06. The lowest BCUT2D eigenvalue weighted by Crippen LogP contribution is -2.62. The fourth-order valence-corrected chi connectivity index (χ4v) is 4.17. The van der Waals surface area contributed by atoms with Gasteiger partial charge >= 0.3 is 0 Å². The number of amides is 2. The Hall–Kier alpha value is -3.69. The number of hydrogen-bond acceptors (Lipinski definition) is 6. The van der Waals surface area contributed by atoms with Crippen LogP contribution in [0.25, 0.3) is 5.69 Å². The Morgan fingerprint density at radius 1 is 1.06 bits per heavy atom. The van der Waals surface area contributed by atoms with Crippen molar-refractivity contribution in [1.29, 1.82) is 0 Å². The largest absolute Gasteiger partial charge is 0.333 e. The number of benzene rings is 1. The molecule has 1 saturated carbocycles. The molecule has 0 radical (unpaired) electrons. The lowest BCUT2D eigenvalue weighted by Gasteiger charge is -2.46. The second-order valence-electron chi connectivity index (χ2n) is 9.10. The first-order valence-corrected chi connectivity index (χ1v) is 11.0. The first-order chi connectivity index (χ1) is 15.8. The van der Waals surface area contributed by atoms with E-state index in [1.165, 1.54) is 18.2 Å². The van der Waals surface area contributed by atoms with Crippen molar-refractivity contribution in [3.63, 3.8) is 0 Å². The van der Waals surface area contributed by atoms with Crippen LogP contribution in [-0.2, 0) is 0 Å². The van der Waals surface area contributed by atoms with Gasteiger partial charge in [0.25, 0.3) is 17.6 Å². The quantitative estimate of drug-likeness (QED) is 0.607. The summed E-state index contributed by atoms with van der Waals surface area (Å²) in [5, 5.41) is 11.9. The van der Waals surface area contributed by atoms with E-state index in [2.05, 4.69) is 20.4 Å². The van der Waals surface area contributed by atoms with Crippen molar-refractivity contribution < 1.29 is 14.0 Å². The number of hydrogen-bond donors (Lipinski definition) is 0. The topological polar surface area (TPSA) is 97.1 Å². The molecule has 1 aliphatic carbocycles. The molecule has 3 aromatic rings. The number of aromatic nitrogens is 5. The molecule has 3 heterocycles. The number of rotatable bonds is 4. The third kappa shape index (κ3) is 4.20. The number of halogens is 1. The monoisotopic (exact) mass is 449 g/mol. The van der Waals surface area contributed by atoms with Crippen LogP contribution in [-0.4, -0.2) is 72.0 Å². The lowest BCUT2D eigenvalue weighted by atomic mass is 9.98. The molecule has 1 saturated heterocycles. The van der Waals surface area contributed by atoms with E-state index in [0.717, 1.165) is 23.3 Å². The van der Waals surface area contributed by atoms with Gasteiger partial charge in [0, 0.05) is 37.3 Å². The maximum atomic E-state index is 13.5. The molecular formula is C23H24FN7O2. The first-order valence-electron chi connectivity index (χ1n) is 11.0. The molecule has 0 N–H and O–H groups in total. The highest BCUT2D eigenvalue weighted by molar-refractivity contribution is 5.93. The van der Waals surface area contributed by atoms with E-state index >= 15 is 0 Å². The Morgan fingerprint density at radius 3 is 2.58 bits per heavy atom. The molecule has 2 aliphatic rings. The summed E-state index contributed by atoms with van der Waals surface area (Å²) in [5.74, 6) is -0.559. The molecule has 1 aliphatic heterocycles. The number of carbonyl (C=O) groups is 2. The normalized spacial score (nSPS) is 17.8. The summed E-state index contributed by atoms with van der Waals surface area (Å²) in [5.41, 5.74) is 1.14. The Kier molecular flexibility index (Phi) is 5.15. The predicted octanol–water partition coefficient (Wildman–Crippen LogP) is 2.45. The van der Waals surface area contributed by atoms with Gasteiger partial charge in [0.1, 0.15) is 11.5 Å². The van der Waals surface area contributed by atoms with Crippen molar-refractivity contribution in [2.24, 2.45) is 0 Å². The maximum Gasteiger partial charge on any atom is 0.296 e. The Morgan fingerprint density at radius 2 is 1.85 bits per heavy atom. The predicted molar refractivity (Wildman–Crippen MR) is 116 cm³/mol. The van der Waals surface area contributed by atoms with Gasteiger partial charge in [-0.25, -0.2) is 9.37 Å². The van der Waals surface area contributed by atoms with Gasteiger partial charge in [0.05, 0.1) is 11.2 Å². The van der Waals surface area contributed by atoms with Crippen LogP contribution in [0.2, 0.25) is 0 Å². The average Bonchev–Trinajstić information content (AvgIpc) is 3.54. The summed E-state index contributed by atoms with van der Waals surface area (Å²) in [7, 11) is 0. The molecule has 9 nitrogen and oxygen atoms in total. The summed E-state index contributed by atoms with van der Waals surface area (Å²) < 4.78 is 13.5. The minimum atomic E-state index is -0.649. The highest BCUT2D eigenvalue weighted by Gasteiger charge is 2.40. The fraction of sp³-hybridized carbons (Fsp3) is 0.391. The van der Waals surface area contributed by atoms with Gasteiger partial charge in [-0.2, -0.15) is 0 Å². The molecule has 10 heteroatoms. The van der Waals surface area contributed by atoms with Gasteiger partial charge in [-0.1, -0.05) is 12.1 Å². The van der Waals surface area contributed by atoms with E-state index in [1.807, 2.05) is 26.0 Å². The number of carbonyl (C=O) groups excluding carboxylic acids is 2. The second kappa shape index (κ2) is 8.02. The molecule has 5 rings (SSSR count). The zero-order valence-corrected chi connectivity index (χ0v) is 18.5. The minimum absolute atomic E-state index is 0.0779. The zero-order chi connectivity index (χ0) is 23.2. The van der Waals surface area contributed by atoms with Gasteiger partial charge in [0.15, 0.2) is 0 Å². The fourth-order valence-electron chi connectivity index (χ4n) is 4.17. The average molecular weight is 449 g/mol. The SMILES string of the molecule is CC1(C)CN(C(=O)c2cccc(C3CC3)n2)CCN1C(=O)c1nnn(-c2cccc(F)c2)n1. The highest BCUT2D eigenvalue weighted by atomic mass is 19.1. The van der Waals surface area contributed by atoms with Crippen LogP contribution < -0.4 is 0 Å². The summed E-state index contributed by atoms with van der Waals surface area (Å²) in [6.07, 6.45) is 2.24. The summed E-state index contributed by atoms with van der Waals surface area (Å²) in [4.78, 5) is 35.3. The van der Waals surface area contributed by atoms with E-state index in [-0.39, 0.29) is 17.6 Å². The highest BCUT2D eigenvalue weighted by Crippen LogP contribution is 2.39. The first kappa shape index (κ1) is 21.2. The van der Waals surface area contributed by atoms with Crippen LogP contribution in [0.4, 0.5) is 4.39 Å². The molecule has 170 valence electrons. The summed E-state index contributed by atoms with van der Waals surface area (Å²) >= 11 is 0. The minimum Gasteiger partial charge on any atom is -0.333 e. The standard InChI is InChI=1S/C23H24FN7O2/c1-23(2)14-29(21(32)19-8-4-7-18(25-19)15-9-10-15)11-12-30(23)22(33)20-26-28-31(27-20)17-6-3-5-16(24)13-17/h3-8,13,15H,9-12,14H2,1-2H3. The van der Waals surface area contributed by atoms with E-state index < -0.39 is 11.4 Å². The van der Waals surface area contributed by atoms with Crippen LogP contribution >= 0.6 is 0 Å². The maximum absolute atomic E-state index is 13.5. The van der Waals surface area contributed by atoms with E-state index in [0.29, 0.717) is 36.9 Å². The molecule has 1 aromatic carbocycles. The van der Waals surface area contributed by atoms with E-state index in [4.69, 9.17) is 0 Å². The lowest BCUT2D eigenvalue weighted by molar-refractivity contribution is 0.0158. The van der Waals surface area contributed by atoms with Crippen LogP contribution in [0.15, 0.2) is 42.5 Å². The van der Waals surface area contributed by atoms with Gasteiger partial charge in [-0.3, -0.25) is 9.59 Å². The van der Waals surface area contributed by atoms with Crippen molar-refractivity contribution in [3.8, 4) is 5.69 Å². The van der Waals surface area contributed by atoms with Crippen molar-refractivity contribution in [2.45, 2.75) is 38.1 Å². The molecule has 2 amide bonds. The zero-order valence-electron chi connectivity index (χ0n) is 18.5. The van der Waals surface area contributed by atoms with Crippen LogP contribution in [0.3, 0.4) is 0 Å². The smallest absolute Gasteiger partial charge is 0.296 e. The van der Waals surface area contributed by atoms with E-state index in [1.54, 1.807) is 21.9 Å². The van der Waals surface area contributed by atoms with Crippen molar-refractivity contribution in [1.82, 2.24) is 35.0 Å². The van der Waals surface area contributed by atoms with Crippen LogP contribution in [0.1, 0.15) is 59.4 Å². The number of nitrogens with zero attached hydrogens (tertiary/aromatic N) is 7. The van der Waals surface area contributed by atoms with Crippen molar-refractivity contribution in [2.75, 3.05) is 19.6 Å². The molecule has 33 heavy (non-hydrogen) atoms. The van der Waals surface area contributed by atoms with E-state index in [9.17, 15) is 14.0 Å². The molecule has 0 bridgehead atoms. The summed E-state index contributed by atoms with van der Waals surface area (Å²) in [6.45, 7) is 4.85. The van der Waals surface area contributed by atoms with Crippen LogP contribution in [0.5, 0.6) is 0 Å². The second-order valence-corrected chi connectivity index (χ2v) is 9.10.